The monoisotopic (exact) mass is 552 g/mol. The summed E-state index contributed by atoms with van der Waals surface area (Å²) in [4.78, 5) is 52.5. The summed E-state index contributed by atoms with van der Waals surface area (Å²) < 4.78 is 1.36. The van der Waals surface area contributed by atoms with Crippen molar-refractivity contribution in [3.05, 3.63) is 29.5 Å². The molecule has 216 valence electrons. The standard InChI is InChI=1S/C28H38N6O3.CH2O2/c1-32-16-22-12-11-21(32)17-33(22)27(36)26-23-14-18(15-25(35)29-19-6-2-3-7-19)10-13-24(23)34(31-26)28(37)30-20-8-4-5-9-20;2-1-3/h10,13-14,19-22H,2-9,11-12,15-17H2,1H3,(H,29,35)(H,30,37);1H,(H,2,3). The van der Waals surface area contributed by atoms with Gasteiger partial charge in [0, 0.05) is 42.6 Å². The van der Waals surface area contributed by atoms with Crippen molar-refractivity contribution in [1.29, 1.82) is 0 Å². The molecule has 2 unspecified atom stereocenters. The van der Waals surface area contributed by atoms with Gasteiger partial charge in [-0.25, -0.2) is 4.79 Å². The Morgan fingerprint density at radius 3 is 2.17 bits per heavy atom. The molecule has 11 nitrogen and oxygen atoms in total. The van der Waals surface area contributed by atoms with Crippen LogP contribution in [0.25, 0.3) is 10.9 Å². The summed E-state index contributed by atoms with van der Waals surface area (Å²) in [6, 6.07) is 6.25. The largest absolute Gasteiger partial charge is 0.483 e. The van der Waals surface area contributed by atoms with E-state index >= 15 is 0 Å². The van der Waals surface area contributed by atoms with E-state index in [9.17, 15) is 14.4 Å². The van der Waals surface area contributed by atoms with E-state index in [1.54, 1.807) is 0 Å². The van der Waals surface area contributed by atoms with Crippen molar-refractivity contribution in [1.82, 2.24) is 30.2 Å². The molecule has 2 saturated carbocycles. The molecule has 7 rings (SSSR count). The van der Waals surface area contributed by atoms with Crippen molar-refractivity contribution in [2.75, 3.05) is 20.1 Å². The number of piperazine rings is 1. The highest BCUT2D eigenvalue weighted by molar-refractivity contribution is 6.07. The lowest BCUT2D eigenvalue weighted by atomic mass is 9.91. The van der Waals surface area contributed by atoms with Crippen LogP contribution in [0.1, 0.15) is 80.3 Å². The maximum atomic E-state index is 13.9. The van der Waals surface area contributed by atoms with Gasteiger partial charge in [0.1, 0.15) is 0 Å². The van der Waals surface area contributed by atoms with E-state index < -0.39 is 0 Å². The molecule has 1 aromatic carbocycles. The van der Waals surface area contributed by atoms with Crippen molar-refractivity contribution in [3.8, 4) is 0 Å². The summed E-state index contributed by atoms with van der Waals surface area (Å²) in [6.45, 7) is 1.30. The fraction of sp³-hybridized carbons (Fsp3) is 0.621. The Morgan fingerprint density at radius 1 is 0.950 bits per heavy atom. The number of piperidine rings is 2. The highest BCUT2D eigenvalue weighted by Gasteiger charge is 2.41. The average molecular weight is 553 g/mol. The summed E-state index contributed by atoms with van der Waals surface area (Å²) in [6.07, 6.45) is 10.9. The number of benzene rings is 1. The highest BCUT2D eigenvalue weighted by Crippen LogP contribution is 2.31. The molecule has 0 radical (unpaired) electrons. The van der Waals surface area contributed by atoms with Gasteiger partial charge in [0.15, 0.2) is 5.69 Å². The van der Waals surface area contributed by atoms with Crippen LogP contribution in [-0.4, -0.2) is 93.3 Å². The number of likely N-dealkylation sites (N-methyl/N-ethyl adjacent to an activating group) is 1. The zero-order chi connectivity index (χ0) is 28.2. The third-order valence-electron chi connectivity index (χ3n) is 8.97. The molecule has 5 aliphatic rings. The van der Waals surface area contributed by atoms with Gasteiger partial charge in [0.05, 0.1) is 11.9 Å². The number of nitrogens with one attached hydrogen (secondary N) is 2. The number of carboxylic acid groups (broad SMARTS) is 1. The number of hydrogen-bond donors (Lipinski definition) is 3. The molecule has 1 aromatic heterocycles. The number of amides is 3. The molecule has 3 amide bonds. The maximum Gasteiger partial charge on any atom is 0.342 e. The molecule has 3 aliphatic heterocycles. The van der Waals surface area contributed by atoms with E-state index in [2.05, 4.69) is 27.7 Å². The predicted molar refractivity (Wildman–Crippen MR) is 149 cm³/mol. The SMILES string of the molecule is CN1CC2CCC1CN2C(=O)c1nn(C(=O)NC2CCCC2)c2ccc(CC(=O)NC3CCCC3)cc12.O=CO. The maximum absolute atomic E-state index is 13.9. The number of nitrogens with zero attached hydrogens (tertiary/aromatic N) is 4. The smallest absolute Gasteiger partial charge is 0.342 e. The quantitative estimate of drug-likeness (QED) is 0.485. The minimum absolute atomic E-state index is 0.00173. The minimum Gasteiger partial charge on any atom is -0.483 e. The molecule has 3 N–H and O–H groups in total. The minimum atomic E-state index is -0.289. The van der Waals surface area contributed by atoms with Crippen molar-refractivity contribution in [2.24, 2.45) is 0 Å². The molecule has 0 spiro atoms. The zero-order valence-electron chi connectivity index (χ0n) is 23.2. The lowest BCUT2D eigenvalue weighted by Crippen LogP contribution is -2.62. The van der Waals surface area contributed by atoms with Gasteiger partial charge >= 0.3 is 6.03 Å². The number of aromatic nitrogens is 2. The summed E-state index contributed by atoms with van der Waals surface area (Å²) in [5.74, 6) is -0.116. The zero-order valence-corrected chi connectivity index (χ0v) is 23.2. The topological polar surface area (TPSA) is 137 Å². The van der Waals surface area contributed by atoms with Crippen LogP contribution in [0.2, 0.25) is 0 Å². The number of hydrogen-bond acceptors (Lipinski definition) is 6. The third kappa shape index (κ3) is 5.99. The van der Waals surface area contributed by atoms with Gasteiger partial charge in [-0.1, -0.05) is 31.7 Å². The molecular formula is C29H40N6O5. The molecule has 40 heavy (non-hydrogen) atoms. The van der Waals surface area contributed by atoms with Gasteiger partial charge in [-0.2, -0.15) is 9.78 Å². The molecule has 2 aliphatic carbocycles. The Balaban J connectivity index is 0.00000103. The third-order valence-corrected chi connectivity index (χ3v) is 8.97. The van der Waals surface area contributed by atoms with E-state index in [0.717, 1.165) is 63.5 Å². The molecule has 2 bridgehead atoms. The molecule has 3 saturated heterocycles. The number of carbonyl (C=O) groups is 4. The Hall–Kier alpha value is -3.47. The van der Waals surface area contributed by atoms with Crippen LogP contribution in [0, 0.1) is 0 Å². The lowest BCUT2D eigenvalue weighted by molar-refractivity contribution is -0.123. The van der Waals surface area contributed by atoms with Crippen LogP contribution in [0.3, 0.4) is 0 Å². The second kappa shape index (κ2) is 12.4. The fourth-order valence-electron chi connectivity index (χ4n) is 6.85. The van der Waals surface area contributed by atoms with Gasteiger partial charge in [0.2, 0.25) is 5.91 Å². The first-order valence-corrected chi connectivity index (χ1v) is 14.6. The normalized spacial score (nSPS) is 23.2. The lowest BCUT2D eigenvalue weighted by Gasteiger charge is -2.50. The molecule has 2 aromatic rings. The number of fused-ring (bicyclic) bond motifs is 4. The van der Waals surface area contributed by atoms with E-state index in [1.165, 1.54) is 17.5 Å². The summed E-state index contributed by atoms with van der Waals surface area (Å²) >= 11 is 0. The highest BCUT2D eigenvalue weighted by atomic mass is 16.3. The van der Waals surface area contributed by atoms with Gasteiger partial charge in [0.25, 0.3) is 12.4 Å². The molecule has 4 heterocycles. The number of carbonyl (C=O) groups excluding carboxylic acids is 3. The van der Waals surface area contributed by atoms with E-state index in [-0.39, 0.29) is 48.9 Å². The van der Waals surface area contributed by atoms with Crippen LogP contribution in [0.15, 0.2) is 18.2 Å². The van der Waals surface area contributed by atoms with Crippen LogP contribution >= 0.6 is 0 Å². The first-order valence-electron chi connectivity index (χ1n) is 14.6. The van der Waals surface area contributed by atoms with Crippen molar-refractivity contribution < 1.29 is 24.3 Å². The first kappa shape index (κ1) is 28.1. The first-order chi connectivity index (χ1) is 19.4. The Morgan fingerprint density at radius 2 is 1.57 bits per heavy atom. The summed E-state index contributed by atoms with van der Waals surface area (Å²) in [5.41, 5.74) is 1.75. The summed E-state index contributed by atoms with van der Waals surface area (Å²) in [5, 5.41) is 18.4. The number of rotatable bonds is 5. The van der Waals surface area contributed by atoms with Crippen molar-refractivity contribution in [3.63, 3.8) is 0 Å². The van der Waals surface area contributed by atoms with Crippen LogP contribution in [0.4, 0.5) is 4.79 Å². The Kier molecular flexibility index (Phi) is 8.68. The second-order valence-corrected chi connectivity index (χ2v) is 11.7. The average Bonchev–Trinajstić information content (AvgIpc) is 3.71. The van der Waals surface area contributed by atoms with Crippen LogP contribution in [0.5, 0.6) is 0 Å². The van der Waals surface area contributed by atoms with Gasteiger partial charge in [-0.15, -0.1) is 0 Å². The fourth-order valence-corrected chi connectivity index (χ4v) is 6.85. The van der Waals surface area contributed by atoms with Crippen molar-refractivity contribution in [2.45, 2.75) is 94.8 Å². The van der Waals surface area contributed by atoms with Crippen LogP contribution < -0.4 is 10.6 Å². The van der Waals surface area contributed by atoms with E-state index in [1.807, 2.05) is 23.1 Å². The van der Waals surface area contributed by atoms with Gasteiger partial charge < -0.3 is 20.6 Å². The van der Waals surface area contributed by atoms with Gasteiger partial charge in [-0.3, -0.25) is 19.3 Å². The molecule has 11 heteroatoms. The van der Waals surface area contributed by atoms with E-state index in [4.69, 9.17) is 9.90 Å². The van der Waals surface area contributed by atoms with Crippen LogP contribution in [-0.2, 0) is 16.0 Å². The molecule has 2 atom stereocenters. The predicted octanol–water partition coefficient (Wildman–Crippen LogP) is 2.76. The Labute approximate surface area is 234 Å². The van der Waals surface area contributed by atoms with Crippen molar-refractivity contribution >= 4 is 35.2 Å². The Bertz CT molecular complexity index is 1250. The van der Waals surface area contributed by atoms with Gasteiger partial charge in [-0.05, 0) is 63.3 Å². The molecular weight excluding hydrogens is 512 g/mol. The summed E-state index contributed by atoms with van der Waals surface area (Å²) in [7, 11) is 2.12. The van der Waals surface area contributed by atoms with E-state index in [0.29, 0.717) is 29.2 Å². The molecule has 5 fully saturated rings. The second-order valence-electron chi connectivity index (χ2n) is 11.7.